The van der Waals surface area contributed by atoms with E-state index in [4.69, 9.17) is 16.7 Å². The van der Waals surface area contributed by atoms with Crippen molar-refractivity contribution in [3.8, 4) is 0 Å². The number of benzene rings is 1. The first-order valence-corrected chi connectivity index (χ1v) is 8.72. The van der Waals surface area contributed by atoms with E-state index in [9.17, 15) is 9.59 Å². The van der Waals surface area contributed by atoms with Crippen molar-refractivity contribution in [3.63, 3.8) is 0 Å². The molecule has 0 aromatic heterocycles. The third-order valence-corrected chi connectivity index (χ3v) is 4.83. The summed E-state index contributed by atoms with van der Waals surface area (Å²) in [5, 5.41) is 11.2. The summed E-state index contributed by atoms with van der Waals surface area (Å²) in [6.07, 6.45) is 3.72. The number of rotatable bonds is 7. The van der Waals surface area contributed by atoms with Crippen molar-refractivity contribution in [1.29, 1.82) is 0 Å². The predicted molar refractivity (Wildman–Crippen MR) is 96.8 cm³/mol. The molecule has 0 unspecified atom stereocenters. The summed E-state index contributed by atoms with van der Waals surface area (Å²) in [5.74, 6) is -1.61. The van der Waals surface area contributed by atoms with Crippen LogP contribution < -0.4 is 5.32 Å². The number of hydrogen-bond donors (Lipinski definition) is 2. The van der Waals surface area contributed by atoms with Gasteiger partial charge in [-0.2, -0.15) is 0 Å². The van der Waals surface area contributed by atoms with Crippen molar-refractivity contribution in [2.75, 3.05) is 6.54 Å². The van der Waals surface area contributed by atoms with Crippen molar-refractivity contribution >= 4 is 44.4 Å². The lowest BCUT2D eigenvalue weighted by Crippen LogP contribution is -2.27. The van der Waals surface area contributed by atoms with Crippen LogP contribution in [-0.4, -0.2) is 23.5 Å². The number of aliphatic carboxylic acids is 1. The molecule has 1 rings (SSSR count). The number of carboxylic acids is 1. The van der Waals surface area contributed by atoms with Gasteiger partial charge in [0, 0.05) is 16.1 Å². The summed E-state index contributed by atoms with van der Waals surface area (Å²) in [6, 6.07) is 2.10. The molecule has 0 saturated heterocycles. The van der Waals surface area contributed by atoms with E-state index in [1.165, 1.54) is 11.6 Å². The van der Waals surface area contributed by atoms with E-state index in [-0.39, 0.29) is 0 Å². The highest BCUT2D eigenvalue weighted by atomic mass is 79.9. The first kappa shape index (κ1) is 19.7. The Morgan fingerprint density at radius 3 is 2.30 bits per heavy atom. The first-order chi connectivity index (χ1) is 10.8. The number of halogens is 2. The summed E-state index contributed by atoms with van der Waals surface area (Å²) in [6.45, 7) is 5.74. The van der Waals surface area contributed by atoms with E-state index in [1.807, 2.05) is 13.8 Å². The normalized spacial score (nSPS) is 11.4. The Balaban J connectivity index is 3.31. The molecule has 0 aliphatic rings. The van der Waals surface area contributed by atoms with Crippen LogP contribution in [0.4, 0.5) is 0 Å². The average molecular weight is 403 g/mol. The number of carboxylic acid groups (broad SMARTS) is 1. The minimum absolute atomic E-state index is 0.324. The molecule has 126 valence electrons. The largest absolute Gasteiger partial charge is 0.480 e. The fraction of sp³-hybridized carbons (Fsp3) is 0.412. The molecule has 2 N–H and O–H groups in total. The van der Waals surface area contributed by atoms with Crippen LogP contribution in [0.2, 0.25) is 0 Å². The Morgan fingerprint density at radius 2 is 1.83 bits per heavy atom. The Bertz CT molecular complexity index is 641. The van der Waals surface area contributed by atoms with Gasteiger partial charge in [0.05, 0.1) is 5.03 Å². The van der Waals surface area contributed by atoms with E-state index >= 15 is 0 Å². The van der Waals surface area contributed by atoms with Gasteiger partial charge in [0.1, 0.15) is 6.54 Å². The monoisotopic (exact) mass is 401 g/mol. The quantitative estimate of drug-likeness (QED) is 0.679. The van der Waals surface area contributed by atoms with Gasteiger partial charge in [0.15, 0.2) is 0 Å². The van der Waals surface area contributed by atoms with Gasteiger partial charge in [-0.25, -0.2) is 0 Å². The van der Waals surface area contributed by atoms with E-state index in [1.54, 1.807) is 0 Å². The standard InChI is InChI=1S/C17H21BrClNO3/c1-4-10-7-11(5-2)17(18)12(6-3)16(10)13(19)8-14(21)20-9-15(22)23/h7-8H,4-6,9H2,1-3H3,(H,20,21)(H,22,23). The van der Waals surface area contributed by atoms with Crippen molar-refractivity contribution in [3.05, 3.63) is 38.9 Å². The lowest BCUT2D eigenvalue weighted by Gasteiger charge is -2.18. The molecule has 0 radical (unpaired) electrons. The van der Waals surface area contributed by atoms with Gasteiger partial charge in [-0.05, 0) is 36.0 Å². The summed E-state index contributed by atoms with van der Waals surface area (Å²) in [5.41, 5.74) is 4.20. The molecular weight excluding hydrogens is 382 g/mol. The Hall–Kier alpha value is -1.33. The summed E-state index contributed by atoms with van der Waals surface area (Å²) < 4.78 is 1.02. The fourth-order valence-corrected chi connectivity index (χ4v) is 3.62. The smallest absolute Gasteiger partial charge is 0.322 e. The zero-order chi connectivity index (χ0) is 17.6. The molecule has 0 bridgehead atoms. The van der Waals surface area contributed by atoms with Crippen LogP contribution in [0.5, 0.6) is 0 Å². The van der Waals surface area contributed by atoms with Crippen LogP contribution in [0.3, 0.4) is 0 Å². The molecule has 0 fully saturated rings. The highest BCUT2D eigenvalue weighted by molar-refractivity contribution is 9.10. The van der Waals surface area contributed by atoms with Gasteiger partial charge in [-0.3, -0.25) is 9.59 Å². The highest BCUT2D eigenvalue weighted by Gasteiger charge is 2.17. The maximum Gasteiger partial charge on any atom is 0.322 e. The third kappa shape index (κ3) is 5.08. The predicted octanol–water partition coefficient (Wildman–Crippen LogP) is 3.92. The van der Waals surface area contributed by atoms with Gasteiger partial charge in [-0.15, -0.1) is 0 Å². The third-order valence-electron chi connectivity index (χ3n) is 3.54. The van der Waals surface area contributed by atoms with Crippen LogP contribution in [0.1, 0.15) is 43.0 Å². The van der Waals surface area contributed by atoms with E-state index in [0.29, 0.717) is 5.03 Å². The second kappa shape index (κ2) is 9.08. The zero-order valence-corrected chi connectivity index (χ0v) is 15.8. The number of carbonyl (C=O) groups is 2. The van der Waals surface area contributed by atoms with Crippen molar-refractivity contribution in [2.45, 2.75) is 40.0 Å². The summed E-state index contributed by atoms with van der Waals surface area (Å²) in [4.78, 5) is 22.3. The van der Waals surface area contributed by atoms with Crippen molar-refractivity contribution in [1.82, 2.24) is 5.32 Å². The first-order valence-electron chi connectivity index (χ1n) is 7.55. The maximum atomic E-state index is 11.8. The van der Waals surface area contributed by atoms with Crippen molar-refractivity contribution < 1.29 is 14.7 Å². The molecule has 1 aromatic carbocycles. The lowest BCUT2D eigenvalue weighted by molar-refractivity contribution is -0.137. The Kier molecular flexibility index (Phi) is 7.79. The molecule has 0 aliphatic heterocycles. The fourth-order valence-electron chi connectivity index (χ4n) is 2.41. The molecule has 0 saturated carbocycles. The highest BCUT2D eigenvalue weighted by Crippen LogP contribution is 2.35. The number of amides is 1. The molecule has 23 heavy (non-hydrogen) atoms. The van der Waals surface area contributed by atoms with E-state index in [0.717, 1.165) is 40.4 Å². The maximum absolute atomic E-state index is 11.8. The topological polar surface area (TPSA) is 66.4 Å². The Morgan fingerprint density at radius 1 is 1.22 bits per heavy atom. The lowest BCUT2D eigenvalue weighted by atomic mass is 9.93. The van der Waals surface area contributed by atoms with E-state index < -0.39 is 18.4 Å². The molecular formula is C17H21BrClNO3. The number of nitrogens with one attached hydrogen (secondary N) is 1. The average Bonchev–Trinajstić information content (AvgIpc) is 2.52. The Labute approximate surface area is 150 Å². The zero-order valence-electron chi connectivity index (χ0n) is 13.5. The molecule has 4 nitrogen and oxygen atoms in total. The molecule has 0 heterocycles. The second-order valence-electron chi connectivity index (χ2n) is 5.03. The van der Waals surface area contributed by atoms with Crippen LogP contribution >= 0.6 is 27.5 Å². The molecule has 0 aliphatic carbocycles. The van der Waals surface area contributed by atoms with Crippen LogP contribution in [0.15, 0.2) is 16.6 Å². The summed E-state index contributed by atoms with van der Waals surface area (Å²) >= 11 is 10.0. The van der Waals surface area contributed by atoms with Gasteiger partial charge in [0.2, 0.25) is 5.91 Å². The van der Waals surface area contributed by atoms with Gasteiger partial charge in [0.25, 0.3) is 0 Å². The molecule has 6 heteroatoms. The van der Waals surface area contributed by atoms with Crippen LogP contribution in [0.25, 0.3) is 5.03 Å². The SMILES string of the molecule is CCc1cc(CC)c(C(Cl)=CC(=O)NCC(=O)O)c(CC)c1Br. The number of hydrogen-bond acceptors (Lipinski definition) is 2. The van der Waals surface area contributed by atoms with Crippen molar-refractivity contribution in [2.24, 2.45) is 0 Å². The number of carbonyl (C=O) groups excluding carboxylic acids is 1. The minimum Gasteiger partial charge on any atom is -0.480 e. The second-order valence-corrected chi connectivity index (χ2v) is 6.23. The minimum atomic E-state index is -1.10. The molecule has 1 amide bonds. The van der Waals surface area contributed by atoms with Gasteiger partial charge in [-0.1, -0.05) is 54.4 Å². The molecule has 0 spiro atoms. The molecule has 0 atom stereocenters. The van der Waals surface area contributed by atoms with Gasteiger partial charge >= 0.3 is 5.97 Å². The molecule has 1 aromatic rings. The summed E-state index contributed by atoms with van der Waals surface area (Å²) in [7, 11) is 0. The van der Waals surface area contributed by atoms with Crippen LogP contribution in [0, 0.1) is 0 Å². The van der Waals surface area contributed by atoms with Gasteiger partial charge < -0.3 is 10.4 Å². The number of aryl methyl sites for hydroxylation is 2. The van der Waals surface area contributed by atoms with Crippen LogP contribution in [-0.2, 0) is 28.9 Å². The van der Waals surface area contributed by atoms with E-state index in [2.05, 4.69) is 34.2 Å².